The van der Waals surface area contributed by atoms with E-state index in [9.17, 15) is 9.59 Å². The lowest BCUT2D eigenvalue weighted by atomic mass is 10.1. The van der Waals surface area contributed by atoms with Crippen molar-refractivity contribution in [1.29, 1.82) is 0 Å². The molecule has 2 amide bonds. The maximum atomic E-state index is 12.1. The Morgan fingerprint density at radius 2 is 2.10 bits per heavy atom. The highest BCUT2D eigenvalue weighted by molar-refractivity contribution is 6.30. The van der Waals surface area contributed by atoms with E-state index < -0.39 is 0 Å². The van der Waals surface area contributed by atoms with Crippen LogP contribution < -0.4 is 10.6 Å². The highest BCUT2D eigenvalue weighted by atomic mass is 35.5. The van der Waals surface area contributed by atoms with Gasteiger partial charge in [0.05, 0.1) is 6.42 Å². The van der Waals surface area contributed by atoms with Crippen molar-refractivity contribution < 1.29 is 9.59 Å². The van der Waals surface area contributed by atoms with Crippen LogP contribution in [0.2, 0.25) is 5.02 Å². The Morgan fingerprint density at radius 1 is 1.24 bits per heavy atom. The van der Waals surface area contributed by atoms with Crippen molar-refractivity contribution in [2.75, 3.05) is 5.32 Å². The van der Waals surface area contributed by atoms with Gasteiger partial charge in [-0.2, -0.15) is 0 Å². The standard InChI is InChI=1S/C16H13ClN2O2/c17-13-3-1-2-10(6-13)9-18-16(21)12-5-4-11-8-15(20)19-14(11)7-12/h1-7H,8-9H2,(H,18,21)(H,19,20). The lowest BCUT2D eigenvalue weighted by Gasteiger charge is -2.07. The molecule has 0 bridgehead atoms. The van der Waals surface area contributed by atoms with Crippen LogP contribution in [0.15, 0.2) is 42.5 Å². The molecule has 2 N–H and O–H groups in total. The van der Waals surface area contributed by atoms with Crippen LogP contribution in [0.4, 0.5) is 5.69 Å². The van der Waals surface area contributed by atoms with Gasteiger partial charge in [-0.05, 0) is 35.4 Å². The predicted molar refractivity (Wildman–Crippen MR) is 81.4 cm³/mol. The number of rotatable bonds is 3. The number of carbonyl (C=O) groups is 2. The topological polar surface area (TPSA) is 58.2 Å². The summed E-state index contributed by atoms with van der Waals surface area (Å²) in [4.78, 5) is 23.4. The lowest BCUT2D eigenvalue weighted by molar-refractivity contribution is -0.115. The summed E-state index contributed by atoms with van der Waals surface area (Å²) in [6, 6.07) is 12.6. The molecule has 1 aliphatic rings. The first kappa shape index (κ1) is 13.6. The third-order valence-corrected chi connectivity index (χ3v) is 3.57. The molecule has 0 fully saturated rings. The summed E-state index contributed by atoms with van der Waals surface area (Å²) in [6.45, 7) is 0.406. The molecule has 2 aromatic carbocycles. The minimum Gasteiger partial charge on any atom is -0.348 e. The minimum absolute atomic E-state index is 0.0403. The summed E-state index contributed by atoms with van der Waals surface area (Å²) in [5.41, 5.74) is 3.10. The first-order chi connectivity index (χ1) is 10.1. The second-order valence-electron chi connectivity index (χ2n) is 4.91. The summed E-state index contributed by atoms with van der Waals surface area (Å²) in [5, 5.41) is 6.21. The number of fused-ring (bicyclic) bond motifs is 1. The number of hydrogen-bond acceptors (Lipinski definition) is 2. The van der Waals surface area contributed by atoms with E-state index in [2.05, 4.69) is 10.6 Å². The predicted octanol–water partition coefficient (Wildman–Crippen LogP) is 2.76. The quantitative estimate of drug-likeness (QED) is 0.916. The Labute approximate surface area is 127 Å². The molecule has 0 aliphatic carbocycles. The van der Waals surface area contributed by atoms with Gasteiger partial charge in [-0.1, -0.05) is 29.8 Å². The van der Waals surface area contributed by atoms with Gasteiger partial charge in [0.1, 0.15) is 0 Å². The zero-order valence-corrected chi connectivity index (χ0v) is 11.9. The second kappa shape index (κ2) is 5.58. The summed E-state index contributed by atoms with van der Waals surface area (Å²) in [6.07, 6.45) is 0.375. The van der Waals surface area contributed by atoms with Crippen LogP contribution in [0, 0.1) is 0 Å². The van der Waals surface area contributed by atoms with Crippen LogP contribution in [0.25, 0.3) is 0 Å². The monoisotopic (exact) mass is 300 g/mol. The summed E-state index contributed by atoms with van der Waals surface area (Å²) in [5.74, 6) is -0.222. The average molecular weight is 301 g/mol. The average Bonchev–Trinajstić information content (AvgIpc) is 2.84. The van der Waals surface area contributed by atoms with Crippen LogP contribution in [0.5, 0.6) is 0 Å². The first-order valence-corrected chi connectivity index (χ1v) is 6.95. The van der Waals surface area contributed by atoms with Crippen LogP contribution >= 0.6 is 11.6 Å². The highest BCUT2D eigenvalue weighted by Crippen LogP contribution is 2.24. The third kappa shape index (κ3) is 3.06. The fraction of sp³-hybridized carbons (Fsp3) is 0.125. The van der Waals surface area contributed by atoms with Gasteiger partial charge in [0.15, 0.2) is 0 Å². The van der Waals surface area contributed by atoms with E-state index in [1.165, 1.54) is 0 Å². The highest BCUT2D eigenvalue weighted by Gasteiger charge is 2.18. The molecule has 0 spiro atoms. The van der Waals surface area contributed by atoms with E-state index in [4.69, 9.17) is 11.6 Å². The molecule has 0 radical (unpaired) electrons. The molecule has 0 aromatic heterocycles. The van der Waals surface area contributed by atoms with Gasteiger partial charge in [-0.15, -0.1) is 0 Å². The van der Waals surface area contributed by atoms with Crippen molar-refractivity contribution in [1.82, 2.24) is 5.32 Å². The van der Waals surface area contributed by atoms with Crippen molar-refractivity contribution in [2.24, 2.45) is 0 Å². The zero-order valence-electron chi connectivity index (χ0n) is 11.2. The lowest BCUT2D eigenvalue weighted by Crippen LogP contribution is -2.22. The first-order valence-electron chi connectivity index (χ1n) is 6.57. The number of hydrogen-bond donors (Lipinski definition) is 2. The van der Waals surface area contributed by atoms with Crippen LogP contribution in [0.1, 0.15) is 21.5 Å². The van der Waals surface area contributed by atoms with Crippen molar-refractivity contribution in [2.45, 2.75) is 13.0 Å². The minimum atomic E-state index is -0.182. The summed E-state index contributed by atoms with van der Waals surface area (Å²) >= 11 is 5.90. The Morgan fingerprint density at radius 3 is 2.90 bits per heavy atom. The van der Waals surface area contributed by atoms with Gasteiger partial charge < -0.3 is 10.6 Å². The molecule has 1 aliphatic heterocycles. The Balaban J connectivity index is 1.69. The van der Waals surface area contributed by atoms with Crippen molar-refractivity contribution in [3.8, 4) is 0 Å². The van der Waals surface area contributed by atoms with Gasteiger partial charge in [0.25, 0.3) is 5.91 Å². The maximum absolute atomic E-state index is 12.1. The molecule has 2 aromatic rings. The van der Waals surface area contributed by atoms with Crippen LogP contribution in [-0.4, -0.2) is 11.8 Å². The summed E-state index contributed by atoms with van der Waals surface area (Å²) < 4.78 is 0. The molecule has 1 heterocycles. The van der Waals surface area contributed by atoms with E-state index in [-0.39, 0.29) is 11.8 Å². The number of anilines is 1. The van der Waals surface area contributed by atoms with E-state index in [0.717, 1.165) is 16.8 Å². The van der Waals surface area contributed by atoms with E-state index >= 15 is 0 Å². The molecule has 0 atom stereocenters. The van der Waals surface area contributed by atoms with Crippen molar-refractivity contribution in [3.05, 3.63) is 64.2 Å². The molecule has 4 nitrogen and oxygen atoms in total. The zero-order chi connectivity index (χ0) is 14.8. The van der Waals surface area contributed by atoms with Gasteiger partial charge >= 0.3 is 0 Å². The smallest absolute Gasteiger partial charge is 0.251 e. The number of amides is 2. The fourth-order valence-electron chi connectivity index (χ4n) is 2.29. The van der Waals surface area contributed by atoms with E-state index in [1.54, 1.807) is 18.2 Å². The Kier molecular flexibility index (Phi) is 3.62. The molecule has 0 saturated heterocycles. The van der Waals surface area contributed by atoms with Gasteiger partial charge in [0, 0.05) is 22.8 Å². The van der Waals surface area contributed by atoms with Crippen molar-refractivity contribution >= 4 is 29.1 Å². The molecular weight excluding hydrogens is 288 g/mol. The molecule has 21 heavy (non-hydrogen) atoms. The molecule has 0 saturated carbocycles. The number of halogens is 1. The Bertz CT molecular complexity index is 728. The molecule has 5 heteroatoms. The maximum Gasteiger partial charge on any atom is 0.251 e. The van der Waals surface area contributed by atoms with Gasteiger partial charge in [0.2, 0.25) is 5.91 Å². The molecule has 106 valence electrons. The molecular formula is C16H13ClN2O2. The molecule has 3 rings (SSSR count). The second-order valence-corrected chi connectivity index (χ2v) is 5.35. The molecule has 0 unspecified atom stereocenters. The number of carbonyl (C=O) groups excluding carboxylic acids is 2. The normalized spacial score (nSPS) is 12.7. The number of benzene rings is 2. The van der Waals surface area contributed by atoms with E-state index in [1.807, 2.05) is 24.3 Å². The largest absolute Gasteiger partial charge is 0.348 e. The number of nitrogens with one attached hydrogen (secondary N) is 2. The van der Waals surface area contributed by atoms with Crippen molar-refractivity contribution in [3.63, 3.8) is 0 Å². The third-order valence-electron chi connectivity index (χ3n) is 3.34. The van der Waals surface area contributed by atoms with Gasteiger partial charge in [-0.3, -0.25) is 9.59 Å². The summed E-state index contributed by atoms with van der Waals surface area (Å²) in [7, 11) is 0. The Hall–Kier alpha value is -2.33. The SMILES string of the molecule is O=C1Cc2ccc(C(=O)NCc3cccc(Cl)c3)cc2N1. The van der Waals surface area contributed by atoms with Gasteiger partial charge in [-0.25, -0.2) is 0 Å². The van der Waals surface area contributed by atoms with Crippen LogP contribution in [-0.2, 0) is 17.8 Å². The fourth-order valence-corrected chi connectivity index (χ4v) is 2.50. The van der Waals surface area contributed by atoms with E-state index in [0.29, 0.717) is 23.6 Å². The van der Waals surface area contributed by atoms with Crippen LogP contribution in [0.3, 0.4) is 0 Å².